The lowest BCUT2D eigenvalue weighted by Crippen LogP contribution is -1.95. The summed E-state index contributed by atoms with van der Waals surface area (Å²) in [5.74, 6) is 0. The molecule has 0 aromatic heterocycles. The van der Waals surface area contributed by atoms with Crippen LogP contribution in [0.3, 0.4) is 0 Å². The molecule has 6 heavy (non-hydrogen) atoms. The Balaban J connectivity index is 2.49. The van der Waals surface area contributed by atoms with Crippen LogP contribution in [0.25, 0.3) is 0 Å². The van der Waals surface area contributed by atoms with E-state index >= 15 is 0 Å². The largest absolute Gasteiger partial charge is 0.425 e. The van der Waals surface area contributed by atoms with Crippen molar-refractivity contribution < 1.29 is 4.43 Å². The predicted molar refractivity (Wildman–Crippen MR) is 34.6 cm³/mol. The van der Waals surface area contributed by atoms with Crippen molar-refractivity contribution in [1.82, 2.24) is 0 Å². The van der Waals surface area contributed by atoms with Gasteiger partial charge in [-0.25, -0.2) is 0 Å². The van der Waals surface area contributed by atoms with Crippen LogP contribution in [0.5, 0.6) is 0 Å². The molecule has 0 aliphatic carbocycles. The molecule has 0 heterocycles. The first kappa shape index (κ1) is 6.13. The van der Waals surface area contributed by atoms with Gasteiger partial charge in [0.2, 0.25) is 0 Å². The van der Waals surface area contributed by atoms with Gasteiger partial charge in [0.25, 0.3) is 0 Å². The molecule has 0 radical (unpaired) electrons. The summed E-state index contributed by atoms with van der Waals surface area (Å²) in [5, 5.41) is 0. The average molecular weight is 118 g/mol. The maximum Gasteiger partial charge on any atom is 0.140 e. The standard InChI is InChI=1S/C3H10OSi2/c1-2-3-4-6-5/h2H,1,3,6H2,5H3. The summed E-state index contributed by atoms with van der Waals surface area (Å²) < 4.78 is 5.07. The summed E-state index contributed by atoms with van der Waals surface area (Å²) in [4.78, 5) is 0. The van der Waals surface area contributed by atoms with Gasteiger partial charge in [0.05, 0.1) is 6.61 Å². The molecule has 0 unspecified atom stereocenters. The monoisotopic (exact) mass is 118 g/mol. The molecule has 0 aliphatic rings. The van der Waals surface area contributed by atoms with E-state index < -0.39 is 0 Å². The topological polar surface area (TPSA) is 9.23 Å². The molecule has 36 valence electrons. The predicted octanol–water partition coefficient (Wildman–Crippen LogP) is -1.45. The number of hydrogen-bond donors (Lipinski definition) is 0. The molecule has 0 amide bonds. The average Bonchev–Trinajstić information content (AvgIpc) is 1.61. The Morgan fingerprint density at radius 1 is 2.00 bits per heavy atom. The highest BCUT2D eigenvalue weighted by Crippen LogP contribution is 1.64. The Kier molecular flexibility index (Phi) is 5.25. The van der Waals surface area contributed by atoms with Gasteiger partial charge in [-0.1, -0.05) is 6.08 Å². The second kappa shape index (κ2) is 5.13. The smallest absolute Gasteiger partial charge is 0.140 e. The summed E-state index contributed by atoms with van der Waals surface area (Å²) in [6.07, 6.45) is 1.80. The molecule has 0 aromatic carbocycles. The Morgan fingerprint density at radius 3 is 2.83 bits per heavy atom. The van der Waals surface area contributed by atoms with E-state index in [4.69, 9.17) is 4.43 Å². The highest BCUT2D eigenvalue weighted by Gasteiger charge is 1.69. The molecule has 0 bridgehead atoms. The van der Waals surface area contributed by atoms with E-state index in [0.29, 0.717) is 0 Å². The van der Waals surface area contributed by atoms with E-state index in [-0.39, 0.29) is 9.28 Å². The highest BCUT2D eigenvalue weighted by molar-refractivity contribution is 6.85. The normalized spacial score (nSPS) is 10.7. The highest BCUT2D eigenvalue weighted by atomic mass is 29.1. The van der Waals surface area contributed by atoms with Gasteiger partial charge in [-0.3, -0.25) is 0 Å². The van der Waals surface area contributed by atoms with E-state index in [1.807, 2.05) is 0 Å². The van der Waals surface area contributed by atoms with Crippen molar-refractivity contribution in [1.29, 1.82) is 0 Å². The Bertz CT molecular complexity index is 37.8. The molecule has 0 saturated heterocycles. The van der Waals surface area contributed by atoms with Crippen molar-refractivity contribution >= 4 is 19.0 Å². The molecule has 0 aromatic rings. The minimum absolute atomic E-state index is 0.0294. The molecule has 0 saturated carbocycles. The summed E-state index contributed by atoms with van der Waals surface area (Å²) in [6.45, 7) is 4.28. The maximum atomic E-state index is 5.07. The van der Waals surface area contributed by atoms with E-state index in [1.165, 1.54) is 9.76 Å². The first-order chi connectivity index (χ1) is 2.91. The fourth-order valence-corrected chi connectivity index (χ4v) is 1.31. The zero-order chi connectivity index (χ0) is 4.83. The molecular formula is C3H10OSi2. The summed E-state index contributed by atoms with van der Waals surface area (Å²) in [7, 11) is 1.24. The number of hydrogen-bond acceptors (Lipinski definition) is 1. The first-order valence-electron chi connectivity index (χ1n) is 2.10. The van der Waals surface area contributed by atoms with Crippen molar-refractivity contribution in [2.75, 3.05) is 6.61 Å². The molecule has 0 fully saturated rings. The molecular weight excluding hydrogens is 108 g/mol. The SMILES string of the molecule is C=CCO[SiH2][SiH3]. The third-order valence-corrected chi connectivity index (χ3v) is 2.31. The lowest BCUT2D eigenvalue weighted by atomic mass is 10.7. The molecule has 1 nitrogen and oxygen atoms in total. The minimum Gasteiger partial charge on any atom is -0.425 e. The summed E-state index contributed by atoms with van der Waals surface area (Å²) in [6, 6.07) is 0. The Hall–Kier alpha value is 0.134. The van der Waals surface area contributed by atoms with Gasteiger partial charge in [-0.05, 0) is 0 Å². The van der Waals surface area contributed by atoms with Crippen molar-refractivity contribution in [2.24, 2.45) is 0 Å². The van der Waals surface area contributed by atoms with E-state index in [0.717, 1.165) is 6.61 Å². The Morgan fingerprint density at radius 2 is 2.67 bits per heavy atom. The van der Waals surface area contributed by atoms with Crippen molar-refractivity contribution in [3.05, 3.63) is 12.7 Å². The fraction of sp³-hybridized carbons (Fsp3) is 0.333. The lowest BCUT2D eigenvalue weighted by molar-refractivity contribution is 0.397. The van der Waals surface area contributed by atoms with Crippen molar-refractivity contribution in [3.63, 3.8) is 0 Å². The molecule has 3 heteroatoms. The van der Waals surface area contributed by atoms with Crippen LogP contribution in [0, 0.1) is 0 Å². The number of rotatable bonds is 3. The van der Waals surface area contributed by atoms with E-state index in [9.17, 15) is 0 Å². The van der Waals surface area contributed by atoms with Gasteiger partial charge >= 0.3 is 0 Å². The van der Waals surface area contributed by atoms with Crippen molar-refractivity contribution in [3.8, 4) is 0 Å². The first-order valence-corrected chi connectivity index (χ1v) is 8.34. The zero-order valence-electron chi connectivity index (χ0n) is 4.11. The van der Waals surface area contributed by atoms with Gasteiger partial charge < -0.3 is 4.43 Å². The maximum absolute atomic E-state index is 5.07. The van der Waals surface area contributed by atoms with Crippen LogP contribution in [0.4, 0.5) is 0 Å². The van der Waals surface area contributed by atoms with Gasteiger partial charge in [0, 0.05) is 9.76 Å². The molecule has 0 N–H and O–H groups in total. The van der Waals surface area contributed by atoms with Crippen LogP contribution >= 0.6 is 0 Å². The minimum atomic E-state index is -0.0294. The third-order valence-electron chi connectivity index (χ3n) is 0.440. The molecule has 0 rings (SSSR count). The molecule has 0 atom stereocenters. The van der Waals surface area contributed by atoms with E-state index in [1.54, 1.807) is 6.08 Å². The van der Waals surface area contributed by atoms with Gasteiger partial charge in [-0.2, -0.15) is 0 Å². The fourth-order valence-electron chi connectivity index (χ4n) is 0.201. The second-order valence-electron chi connectivity index (χ2n) is 0.948. The molecule has 0 aliphatic heterocycles. The van der Waals surface area contributed by atoms with Crippen LogP contribution < -0.4 is 0 Å². The van der Waals surface area contributed by atoms with Crippen LogP contribution in [-0.4, -0.2) is 25.6 Å². The Labute approximate surface area is 43.6 Å². The molecule has 0 spiro atoms. The second-order valence-corrected chi connectivity index (χ2v) is 3.67. The van der Waals surface area contributed by atoms with Gasteiger partial charge in [-0.15, -0.1) is 6.58 Å². The van der Waals surface area contributed by atoms with Gasteiger partial charge in [0.1, 0.15) is 9.28 Å². The quantitative estimate of drug-likeness (QED) is 0.250. The summed E-state index contributed by atoms with van der Waals surface area (Å²) in [5.41, 5.74) is 0. The van der Waals surface area contributed by atoms with Crippen LogP contribution in [0.2, 0.25) is 0 Å². The van der Waals surface area contributed by atoms with Gasteiger partial charge in [0.15, 0.2) is 0 Å². The lowest BCUT2D eigenvalue weighted by Gasteiger charge is -1.88. The van der Waals surface area contributed by atoms with Crippen molar-refractivity contribution in [2.45, 2.75) is 0 Å². The van der Waals surface area contributed by atoms with Crippen LogP contribution in [0.1, 0.15) is 0 Å². The van der Waals surface area contributed by atoms with Crippen LogP contribution in [0.15, 0.2) is 12.7 Å². The zero-order valence-corrected chi connectivity index (χ0v) is 7.52. The summed E-state index contributed by atoms with van der Waals surface area (Å²) >= 11 is 0. The third kappa shape index (κ3) is 4.13. The van der Waals surface area contributed by atoms with Crippen LogP contribution in [-0.2, 0) is 4.43 Å². The van der Waals surface area contributed by atoms with E-state index in [2.05, 4.69) is 6.58 Å².